The van der Waals surface area contributed by atoms with Crippen molar-refractivity contribution in [2.75, 3.05) is 13.6 Å². The second-order valence-corrected chi connectivity index (χ2v) is 5.89. The average molecular weight is 241 g/mol. The van der Waals surface area contributed by atoms with Crippen molar-refractivity contribution in [1.82, 2.24) is 4.90 Å². The summed E-state index contributed by atoms with van der Waals surface area (Å²) in [4.78, 5) is 25.0. The summed E-state index contributed by atoms with van der Waals surface area (Å²) in [6.07, 6.45) is 1.98. The summed E-state index contributed by atoms with van der Waals surface area (Å²) in [5, 5.41) is 0. The van der Waals surface area contributed by atoms with Crippen LogP contribution in [0.15, 0.2) is 0 Å². The lowest BCUT2D eigenvalue weighted by molar-refractivity contribution is -0.124. The highest BCUT2D eigenvalue weighted by molar-refractivity contribution is 5.87. The second kappa shape index (κ2) is 4.67. The van der Waals surface area contributed by atoms with Gasteiger partial charge < -0.3 is 9.64 Å². The van der Waals surface area contributed by atoms with Gasteiger partial charge in [0, 0.05) is 25.4 Å². The van der Waals surface area contributed by atoms with Gasteiger partial charge in [-0.2, -0.15) is 0 Å². The van der Waals surface area contributed by atoms with Crippen molar-refractivity contribution in [3.8, 4) is 0 Å². The smallest absolute Gasteiger partial charge is 0.410 e. The van der Waals surface area contributed by atoms with Gasteiger partial charge in [0.1, 0.15) is 11.4 Å². The van der Waals surface area contributed by atoms with Crippen molar-refractivity contribution >= 4 is 11.9 Å². The zero-order chi connectivity index (χ0) is 13.3. The molecule has 1 aliphatic carbocycles. The molecule has 0 heterocycles. The fourth-order valence-electron chi connectivity index (χ4n) is 1.91. The first-order valence-corrected chi connectivity index (χ1v) is 6.17. The zero-order valence-electron chi connectivity index (χ0n) is 11.5. The molecule has 98 valence electrons. The molecule has 1 amide bonds. The van der Waals surface area contributed by atoms with Crippen LogP contribution in [0.2, 0.25) is 0 Å². The van der Waals surface area contributed by atoms with Crippen LogP contribution in [-0.4, -0.2) is 36.0 Å². The maximum atomic E-state index is 11.8. The second-order valence-electron chi connectivity index (χ2n) is 5.89. The van der Waals surface area contributed by atoms with Gasteiger partial charge in [-0.15, -0.1) is 0 Å². The summed E-state index contributed by atoms with van der Waals surface area (Å²) in [6.45, 7) is 7.86. The molecule has 0 spiro atoms. The number of hydrogen-bond acceptors (Lipinski definition) is 3. The molecule has 1 saturated carbocycles. The number of amides is 1. The Morgan fingerprint density at radius 1 is 1.29 bits per heavy atom. The Morgan fingerprint density at radius 2 is 1.82 bits per heavy atom. The minimum Gasteiger partial charge on any atom is -0.444 e. The molecule has 0 bridgehead atoms. The molecule has 0 atom stereocenters. The Labute approximate surface area is 103 Å². The summed E-state index contributed by atoms with van der Waals surface area (Å²) in [5.41, 5.74) is -0.767. The van der Waals surface area contributed by atoms with Crippen LogP contribution in [0.3, 0.4) is 0 Å². The van der Waals surface area contributed by atoms with Crippen LogP contribution in [0, 0.1) is 5.41 Å². The van der Waals surface area contributed by atoms with E-state index in [-0.39, 0.29) is 17.3 Å². The molecule has 1 rings (SSSR count). The van der Waals surface area contributed by atoms with Crippen LogP contribution in [0.1, 0.15) is 47.0 Å². The summed E-state index contributed by atoms with van der Waals surface area (Å²) < 4.78 is 5.26. The zero-order valence-corrected chi connectivity index (χ0v) is 11.5. The molecular formula is C13H23NO3. The molecule has 4 heteroatoms. The first-order chi connectivity index (χ1) is 7.70. The monoisotopic (exact) mass is 241 g/mol. The van der Waals surface area contributed by atoms with Crippen molar-refractivity contribution in [2.45, 2.75) is 52.6 Å². The van der Waals surface area contributed by atoms with Gasteiger partial charge in [-0.25, -0.2) is 4.79 Å². The molecule has 0 N–H and O–H groups in total. The van der Waals surface area contributed by atoms with E-state index >= 15 is 0 Å². The van der Waals surface area contributed by atoms with Gasteiger partial charge >= 0.3 is 6.09 Å². The SMILES string of the molecule is CCC(=O)C1(CN(C)C(=O)OC(C)(C)C)CC1. The van der Waals surface area contributed by atoms with Crippen molar-refractivity contribution in [1.29, 1.82) is 0 Å². The molecule has 4 nitrogen and oxygen atoms in total. The molecule has 0 aromatic rings. The number of hydrogen-bond donors (Lipinski definition) is 0. The highest BCUT2D eigenvalue weighted by atomic mass is 16.6. The van der Waals surface area contributed by atoms with Gasteiger partial charge in [0.2, 0.25) is 0 Å². The van der Waals surface area contributed by atoms with Gasteiger partial charge in [0.05, 0.1) is 0 Å². The van der Waals surface area contributed by atoms with Gasteiger partial charge in [0.15, 0.2) is 0 Å². The molecular weight excluding hydrogens is 218 g/mol. The van der Waals surface area contributed by atoms with E-state index < -0.39 is 5.60 Å². The Bertz CT molecular complexity index is 313. The summed E-state index contributed by atoms with van der Waals surface area (Å²) >= 11 is 0. The number of carbonyl (C=O) groups excluding carboxylic acids is 2. The summed E-state index contributed by atoms with van der Waals surface area (Å²) in [5.74, 6) is 0.257. The van der Waals surface area contributed by atoms with E-state index in [2.05, 4.69) is 0 Å². The van der Waals surface area contributed by atoms with Crippen LogP contribution in [-0.2, 0) is 9.53 Å². The third-order valence-electron chi connectivity index (χ3n) is 3.01. The van der Waals surface area contributed by atoms with Crippen molar-refractivity contribution in [3.63, 3.8) is 0 Å². The fraction of sp³-hybridized carbons (Fsp3) is 0.846. The van der Waals surface area contributed by atoms with Crippen molar-refractivity contribution in [2.24, 2.45) is 5.41 Å². The van der Waals surface area contributed by atoms with Gasteiger partial charge in [0.25, 0.3) is 0 Å². The van der Waals surface area contributed by atoms with Crippen LogP contribution in [0.25, 0.3) is 0 Å². The fourth-order valence-corrected chi connectivity index (χ4v) is 1.91. The molecule has 0 aromatic carbocycles. The van der Waals surface area contributed by atoms with E-state index in [0.29, 0.717) is 13.0 Å². The normalized spacial score (nSPS) is 17.5. The highest BCUT2D eigenvalue weighted by Gasteiger charge is 2.49. The number of nitrogens with zero attached hydrogens (tertiary/aromatic N) is 1. The third kappa shape index (κ3) is 3.72. The quantitative estimate of drug-likeness (QED) is 0.760. The minimum atomic E-state index is -0.489. The topological polar surface area (TPSA) is 46.6 Å². The van der Waals surface area contributed by atoms with Gasteiger partial charge in [-0.3, -0.25) is 4.79 Å². The predicted molar refractivity (Wildman–Crippen MR) is 65.8 cm³/mol. The number of rotatable bonds is 4. The first-order valence-electron chi connectivity index (χ1n) is 6.17. The maximum Gasteiger partial charge on any atom is 0.410 e. The van der Waals surface area contributed by atoms with Crippen LogP contribution in [0.4, 0.5) is 4.79 Å². The Hall–Kier alpha value is -1.06. The summed E-state index contributed by atoms with van der Waals surface area (Å²) in [7, 11) is 1.69. The molecule has 0 radical (unpaired) electrons. The van der Waals surface area contributed by atoms with E-state index in [4.69, 9.17) is 4.74 Å². The molecule has 0 aliphatic heterocycles. The number of ether oxygens (including phenoxy) is 1. The Balaban J connectivity index is 2.52. The van der Waals surface area contributed by atoms with E-state index in [1.807, 2.05) is 27.7 Å². The molecule has 0 saturated heterocycles. The van der Waals surface area contributed by atoms with Crippen LogP contribution >= 0.6 is 0 Å². The number of Topliss-reactive ketones (excluding diaryl/α,β-unsaturated/α-hetero) is 1. The molecule has 0 unspecified atom stereocenters. The van der Waals surface area contributed by atoms with Crippen molar-refractivity contribution in [3.05, 3.63) is 0 Å². The van der Waals surface area contributed by atoms with Crippen LogP contribution < -0.4 is 0 Å². The minimum absolute atomic E-state index is 0.257. The van der Waals surface area contributed by atoms with E-state index in [9.17, 15) is 9.59 Å². The van der Waals surface area contributed by atoms with Crippen LogP contribution in [0.5, 0.6) is 0 Å². The number of carbonyl (C=O) groups is 2. The van der Waals surface area contributed by atoms with E-state index in [1.165, 1.54) is 4.90 Å². The molecule has 1 aliphatic rings. The first kappa shape index (κ1) is 14.0. The largest absolute Gasteiger partial charge is 0.444 e. The maximum absolute atomic E-state index is 11.8. The lowest BCUT2D eigenvalue weighted by atomic mass is 9.99. The van der Waals surface area contributed by atoms with Gasteiger partial charge in [-0.1, -0.05) is 6.92 Å². The summed E-state index contributed by atoms with van der Waals surface area (Å²) in [6, 6.07) is 0. The van der Waals surface area contributed by atoms with E-state index in [0.717, 1.165) is 12.8 Å². The molecule has 1 fully saturated rings. The van der Waals surface area contributed by atoms with E-state index in [1.54, 1.807) is 7.05 Å². The third-order valence-corrected chi connectivity index (χ3v) is 3.01. The average Bonchev–Trinajstić information content (AvgIpc) is 2.95. The van der Waals surface area contributed by atoms with Crippen molar-refractivity contribution < 1.29 is 14.3 Å². The molecule has 0 aromatic heterocycles. The Kier molecular flexibility index (Phi) is 3.84. The Morgan fingerprint density at radius 3 is 2.18 bits per heavy atom. The predicted octanol–water partition coefficient (Wildman–Crippen LogP) is 2.61. The lowest BCUT2D eigenvalue weighted by Crippen LogP contribution is -2.39. The highest BCUT2D eigenvalue weighted by Crippen LogP contribution is 2.47. The number of ketones is 1. The molecule has 17 heavy (non-hydrogen) atoms. The standard InChI is InChI=1S/C13H23NO3/c1-6-10(15)13(7-8-13)9-14(5)11(16)17-12(2,3)4/h6-9H2,1-5H3. The van der Waals surface area contributed by atoms with Gasteiger partial charge in [-0.05, 0) is 33.6 Å². The lowest BCUT2D eigenvalue weighted by Gasteiger charge is -2.27.